The van der Waals surface area contributed by atoms with E-state index >= 15 is 0 Å². The Kier molecular flexibility index (Phi) is 11.1. The Morgan fingerprint density at radius 2 is 1.67 bits per heavy atom. The number of hydrogen-bond donors (Lipinski definition) is 1. The van der Waals surface area contributed by atoms with Crippen LogP contribution in [0.4, 0.5) is 5.69 Å². The number of carbonyl (C=O) groups excluding carboxylic acids is 2. The van der Waals surface area contributed by atoms with Crippen LogP contribution in [0.15, 0.2) is 82.2 Å². The molecule has 3 aromatic rings. The number of hydrogen-bond acceptors (Lipinski definition) is 6. The Bertz CT molecular complexity index is 1510. The van der Waals surface area contributed by atoms with Gasteiger partial charge < -0.3 is 19.7 Å². The fourth-order valence-corrected chi connectivity index (χ4v) is 7.09. The maximum Gasteiger partial charge on any atom is 0.264 e. The molecule has 11 heteroatoms. The van der Waals surface area contributed by atoms with Crippen molar-refractivity contribution in [2.75, 3.05) is 25.1 Å². The molecule has 1 saturated carbocycles. The highest BCUT2D eigenvalue weighted by Gasteiger charge is 2.34. The Balaban J connectivity index is 1.73. The number of carbonyl (C=O) groups is 2. The van der Waals surface area contributed by atoms with Crippen LogP contribution in [0.1, 0.15) is 44.6 Å². The number of nitrogens with zero attached hydrogens (tertiary/aromatic N) is 2. The number of benzene rings is 3. The van der Waals surface area contributed by atoms with Crippen LogP contribution in [0.25, 0.3) is 0 Å². The number of ether oxygens (including phenoxy) is 2. The monoisotopic (exact) mass is 671 g/mol. The third-order valence-corrected chi connectivity index (χ3v) is 9.89. The fraction of sp³-hybridized carbons (Fsp3) is 0.375. The topological polar surface area (TPSA) is 105 Å². The van der Waals surface area contributed by atoms with E-state index < -0.39 is 28.5 Å². The average Bonchev–Trinajstić information content (AvgIpc) is 3.02. The van der Waals surface area contributed by atoms with Crippen molar-refractivity contribution in [2.24, 2.45) is 0 Å². The quantitative estimate of drug-likeness (QED) is 0.272. The minimum Gasteiger partial charge on any atom is -0.497 e. The first-order chi connectivity index (χ1) is 20.6. The van der Waals surface area contributed by atoms with Crippen molar-refractivity contribution in [3.63, 3.8) is 0 Å². The van der Waals surface area contributed by atoms with Crippen LogP contribution < -0.4 is 19.1 Å². The second kappa shape index (κ2) is 14.7. The molecule has 0 heterocycles. The second-order valence-corrected chi connectivity index (χ2v) is 13.3. The van der Waals surface area contributed by atoms with Crippen LogP contribution in [-0.4, -0.2) is 58.0 Å². The van der Waals surface area contributed by atoms with E-state index in [2.05, 4.69) is 21.2 Å². The van der Waals surface area contributed by atoms with E-state index in [0.29, 0.717) is 5.75 Å². The molecule has 0 radical (unpaired) electrons. The predicted molar refractivity (Wildman–Crippen MR) is 170 cm³/mol. The van der Waals surface area contributed by atoms with E-state index in [-0.39, 0.29) is 34.8 Å². The van der Waals surface area contributed by atoms with Gasteiger partial charge in [0.2, 0.25) is 11.8 Å². The van der Waals surface area contributed by atoms with Gasteiger partial charge in [-0.3, -0.25) is 13.9 Å². The zero-order valence-corrected chi connectivity index (χ0v) is 27.1. The number of sulfonamides is 1. The van der Waals surface area contributed by atoms with Crippen LogP contribution in [0.3, 0.4) is 0 Å². The highest BCUT2D eigenvalue weighted by molar-refractivity contribution is 9.10. The first-order valence-corrected chi connectivity index (χ1v) is 16.5. The van der Waals surface area contributed by atoms with E-state index in [1.54, 1.807) is 37.3 Å². The number of nitrogens with one attached hydrogen (secondary N) is 1. The molecule has 1 fully saturated rings. The molecule has 0 saturated heterocycles. The first-order valence-electron chi connectivity index (χ1n) is 14.3. The molecule has 3 aromatic carbocycles. The van der Waals surface area contributed by atoms with E-state index in [9.17, 15) is 18.0 Å². The Morgan fingerprint density at radius 3 is 2.33 bits per heavy atom. The molecule has 0 aromatic heterocycles. The van der Waals surface area contributed by atoms with Crippen LogP contribution in [0, 0.1) is 0 Å². The lowest BCUT2D eigenvalue weighted by Gasteiger charge is -2.33. The first kappa shape index (κ1) is 32.3. The third kappa shape index (κ3) is 8.08. The smallest absolute Gasteiger partial charge is 0.264 e. The van der Waals surface area contributed by atoms with Gasteiger partial charge in [-0.2, -0.15) is 0 Å². The van der Waals surface area contributed by atoms with Crippen LogP contribution in [-0.2, 0) is 26.2 Å². The molecule has 0 spiro atoms. The summed E-state index contributed by atoms with van der Waals surface area (Å²) in [5.74, 6) is -0.181. The molecule has 0 bridgehead atoms. The molecule has 1 aliphatic rings. The second-order valence-electron chi connectivity index (χ2n) is 10.5. The van der Waals surface area contributed by atoms with Crippen molar-refractivity contribution in [3.8, 4) is 11.5 Å². The van der Waals surface area contributed by atoms with Crippen molar-refractivity contribution in [2.45, 2.75) is 62.6 Å². The summed E-state index contributed by atoms with van der Waals surface area (Å²) in [6, 6.07) is 19.3. The number of methoxy groups -OCH3 is 2. The Hall–Kier alpha value is -3.57. The van der Waals surface area contributed by atoms with Crippen LogP contribution in [0.5, 0.6) is 11.5 Å². The summed E-state index contributed by atoms with van der Waals surface area (Å²) in [7, 11) is -1.35. The fourth-order valence-electron chi connectivity index (χ4n) is 5.21. The summed E-state index contributed by atoms with van der Waals surface area (Å²) in [5, 5.41) is 3.12. The van der Waals surface area contributed by atoms with E-state index in [4.69, 9.17) is 9.47 Å². The number of anilines is 1. The maximum atomic E-state index is 14.2. The van der Waals surface area contributed by atoms with Gasteiger partial charge >= 0.3 is 0 Å². The molecule has 2 amide bonds. The lowest BCUT2D eigenvalue weighted by Crippen LogP contribution is -2.53. The van der Waals surface area contributed by atoms with Gasteiger partial charge in [0, 0.05) is 23.1 Å². The van der Waals surface area contributed by atoms with Crippen molar-refractivity contribution in [1.82, 2.24) is 10.2 Å². The normalized spacial score (nSPS) is 14.4. The molecule has 1 N–H and O–H groups in total. The minimum atomic E-state index is -4.25. The summed E-state index contributed by atoms with van der Waals surface area (Å²) in [4.78, 5) is 29.2. The van der Waals surface area contributed by atoms with E-state index in [1.807, 2.05) is 24.3 Å². The third-order valence-electron chi connectivity index (χ3n) is 7.63. The standard InChI is InChI=1S/C32H38BrN3O6S/c1-23(32(38)34-26-13-6-4-7-14-26)35(21-24-11-10-12-25(33)19-24)31(37)22-36(43(39,40)28-15-8-5-9-16-28)29-20-27(41-2)17-18-30(29)42-3/h5,8-12,15-20,23,26H,4,6-7,13-14,21-22H2,1-3H3,(H,34,38). The average molecular weight is 673 g/mol. The van der Waals surface area contributed by atoms with Crippen LogP contribution in [0.2, 0.25) is 0 Å². The van der Waals surface area contributed by atoms with E-state index in [0.717, 1.165) is 46.4 Å². The summed E-state index contributed by atoms with van der Waals surface area (Å²) >= 11 is 3.48. The minimum absolute atomic E-state index is 0.00861. The largest absolute Gasteiger partial charge is 0.497 e. The molecule has 9 nitrogen and oxygen atoms in total. The molecule has 0 aliphatic heterocycles. The lowest BCUT2D eigenvalue weighted by atomic mass is 9.95. The number of amides is 2. The molecular weight excluding hydrogens is 634 g/mol. The zero-order valence-electron chi connectivity index (χ0n) is 24.7. The maximum absolute atomic E-state index is 14.2. The van der Waals surface area contributed by atoms with Gasteiger partial charge in [-0.1, -0.05) is 65.5 Å². The van der Waals surface area contributed by atoms with Gasteiger partial charge in [-0.05, 0) is 61.7 Å². The Labute approximate surface area is 262 Å². The van der Waals surface area contributed by atoms with Crippen molar-refractivity contribution in [1.29, 1.82) is 0 Å². The zero-order chi connectivity index (χ0) is 31.0. The van der Waals surface area contributed by atoms with Crippen LogP contribution >= 0.6 is 15.9 Å². The van der Waals surface area contributed by atoms with E-state index in [1.165, 1.54) is 37.3 Å². The highest BCUT2D eigenvalue weighted by Crippen LogP contribution is 2.36. The van der Waals surface area contributed by atoms with Gasteiger partial charge in [-0.25, -0.2) is 8.42 Å². The van der Waals surface area contributed by atoms with Gasteiger partial charge in [-0.15, -0.1) is 0 Å². The van der Waals surface area contributed by atoms with Crippen molar-refractivity contribution in [3.05, 3.63) is 82.8 Å². The summed E-state index contributed by atoms with van der Waals surface area (Å²) in [6.07, 6.45) is 5.05. The molecule has 230 valence electrons. The highest BCUT2D eigenvalue weighted by atomic mass is 79.9. The van der Waals surface area contributed by atoms with Crippen molar-refractivity contribution >= 4 is 43.5 Å². The molecular formula is C32H38BrN3O6S. The van der Waals surface area contributed by atoms with Gasteiger partial charge in [0.1, 0.15) is 24.1 Å². The molecule has 1 unspecified atom stereocenters. The lowest BCUT2D eigenvalue weighted by molar-refractivity contribution is -0.139. The van der Waals surface area contributed by atoms with Crippen molar-refractivity contribution < 1.29 is 27.5 Å². The predicted octanol–water partition coefficient (Wildman–Crippen LogP) is 5.53. The van der Waals surface area contributed by atoms with Gasteiger partial charge in [0.15, 0.2) is 0 Å². The van der Waals surface area contributed by atoms with Gasteiger partial charge in [0.05, 0.1) is 24.8 Å². The van der Waals surface area contributed by atoms with Gasteiger partial charge in [0.25, 0.3) is 10.0 Å². The summed E-state index contributed by atoms with van der Waals surface area (Å²) in [6.45, 7) is 1.21. The summed E-state index contributed by atoms with van der Waals surface area (Å²) < 4.78 is 40.9. The Morgan fingerprint density at radius 1 is 0.953 bits per heavy atom. The number of halogens is 1. The SMILES string of the molecule is COc1ccc(OC)c(N(CC(=O)N(Cc2cccc(Br)c2)C(C)C(=O)NC2CCCCC2)S(=O)(=O)c2ccccc2)c1. The molecule has 43 heavy (non-hydrogen) atoms. The number of rotatable bonds is 12. The molecule has 1 atom stereocenters. The molecule has 1 aliphatic carbocycles. The summed E-state index contributed by atoms with van der Waals surface area (Å²) in [5.41, 5.74) is 0.928. The molecule has 4 rings (SSSR count).